The number of nitrogens with zero attached hydrogens (tertiary/aromatic N) is 2. The van der Waals surface area contributed by atoms with E-state index >= 15 is 0 Å². The van der Waals surface area contributed by atoms with Crippen LogP contribution < -0.4 is 25.0 Å². The minimum Gasteiger partial charge on any atom is -0.493 e. The Hall–Kier alpha value is -5.59. The van der Waals surface area contributed by atoms with Crippen LogP contribution in [0.3, 0.4) is 0 Å². The lowest BCUT2D eigenvalue weighted by molar-refractivity contribution is -0.384. The second kappa shape index (κ2) is 12.6. The van der Waals surface area contributed by atoms with E-state index in [0.717, 1.165) is 18.3 Å². The lowest BCUT2D eigenvalue weighted by atomic mass is 10.1. The van der Waals surface area contributed by atoms with Gasteiger partial charge in [0.05, 0.1) is 23.8 Å². The van der Waals surface area contributed by atoms with E-state index in [-0.39, 0.29) is 45.5 Å². The van der Waals surface area contributed by atoms with Gasteiger partial charge in [-0.2, -0.15) is 5.10 Å². The van der Waals surface area contributed by atoms with Crippen LogP contribution in [-0.4, -0.2) is 42.0 Å². The van der Waals surface area contributed by atoms with Gasteiger partial charge < -0.3 is 19.5 Å². The van der Waals surface area contributed by atoms with Crippen LogP contribution in [0.15, 0.2) is 65.8 Å². The molecule has 39 heavy (non-hydrogen) atoms. The lowest BCUT2D eigenvalue weighted by Gasteiger charge is -2.11. The fourth-order valence-corrected chi connectivity index (χ4v) is 3.17. The number of non-ortho nitro benzene ring substituents is 1. The third-order valence-electron chi connectivity index (χ3n) is 4.90. The van der Waals surface area contributed by atoms with E-state index < -0.39 is 22.8 Å². The number of rotatable bonds is 9. The molecule has 0 radical (unpaired) electrons. The van der Waals surface area contributed by atoms with Crippen LogP contribution in [0, 0.1) is 10.1 Å². The first kappa shape index (κ1) is 28.0. The van der Waals surface area contributed by atoms with E-state index in [0.29, 0.717) is 5.69 Å². The topological polar surface area (TPSA) is 176 Å². The Labute approximate surface area is 221 Å². The number of hydrogen-bond donors (Lipinski definition) is 2. The monoisotopic (exact) mass is 534 g/mol. The quantitative estimate of drug-likeness (QED) is 0.137. The molecule has 0 heterocycles. The highest BCUT2D eigenvalue weighted by atomic mass is 16.6. The molecular formula is C26H22N4O9. The zero-order valence-corrected chi connectivity index (χ0v) is 20.9. The molecule has 0 unspecified atom stereocenters. The molecule has 13 heteroatoms. The summed E-state index contributed by atoms with van der Waals surface area (Å²) >= 11 is 0. The maximum atomic E-state index is 12.8. The first-order valence-corrected chi connectivity index (χ1v) is 11.2. The molecule has 0 aromatic heterocycles. The van der Waals surface area contributed by atoms with Crippen LogP contribution in [0.4, 0.5) is 11.4 Å². The predicted octanol–water partition coefficient (Wildman–Crippen LogP) is 3.47. The highest BCUT2D eigenvalue weighted by Crippen LogP contribution is 2.29. The van der Waals surface area contributed by atoms with E-state index in [1.165, 1.54) is 69.5 Å². The van der Waals surface area contributed by atoms with Crippen LogP contribution in [-0.2, 0) is 9.59 Å². The van der Waals surface area contributed by atoms with Gasteiger partial charge >= 0.3 is 11.9 Å². The van der Waals surface area contributed by atoms with Crippen LogP contribution in [0.5, 0.6) is 17.2 Å². The molecule has 0 atom stereocenters. The van der Waals surface area contributed by atoms with Crippen molar-refractivity contribution in [1.82, 2.24) is 5.43 Å². The Morgan fingerprint density at radius 2 is 1.54 bits per heavy atom. The summed E-state index contributed by atoms with van der Waals surface area (Å²) < 4.78 is 15.6. The third-order valence-corrected chi connectivity index (χ3v) is 4.90. The van der Waals surface area contributed by atoms with Crippen molar-refractivity contribution in [2.45, 2.75) is 13.8 Å². The van der Waals surface area contributed by atoms with E-state index in [9.17, 15) is 29.3 Å². The largest absolute Gasteiger partial charge is 0.493 e. The number of methoxy groups -OCH3 is 1. The number of nitrogens with one attached hydrogen (secondary N) is 2. The van der Waals surface area contributed by atoms with Crippen molar-refractivity contribution in [2.75, 3.05) is 12.4 Å². The standard InChI is InChI=1S/C26H22N4O9/c1-15(31)28-20-7-4-17(5-8-20)25(33)29-27-14-19-12-21(30(35)36)9-11-22(19)39-26(34)18-6-10-23(38-16(2)32)24(13-18)37-3/h4-14H,1-3H3,(H,28,31)(H,29,33)/b27-14+. The van der Waals surface area contributed by atoms with Gasteiger partial charge in [-0.15, -0.1) is 0 Å². The predicted molar refractivity (Wildman–Crippen MR) is 138 cm³/mol. The molecule has 200 valence electrons. The van der Waals surface area contributed by atoms with Crippen molar-refractivity contribution in [3.63, 3.8) is 0 Å². The average molecular weight is 534 g/mol. The number of carbonyl (C=O) groups excluding carboxylic acids is 4. The number of carbonyl (C=O) groups is 4. The molecule has 0 saturated carbocycles. The van der Waals surface area contributed by atoms with E-state index in [2.05, 4.69) is 15.8 Å². The Balaban J connectivity index is 1.79. The van der Waals surface area contributed by atoms with Crippen molar-refractivity contribution in [2.24, 2.45) is 5.10 Å². The van der Waals surface area contributed by atoms with Gasteiger partial charge in [0, 0.05) is 42.8 Å². The van der Waals surface area contributed by atoms with Crippen LogP contribution >= 0.6 is 0 Å². The Bertz CT molecular complexity index is 1470. The first-order valence-electron chi connectivity index (χ1n) is 11.2. The fraction of sp³-hybridized carbons (Fsp3) is 0.115. The number of hydrazone groups is 1. The molecule has 0 spiro atoms. The summed E-state index contributed by atoms with van der Waals surface area (Å²) in [6, 6.07) is 13.5. The molecule has 13 nitrogen and oxygen atoms in total. The lowest BCUT2D eigenvalue weighted by Crippen LogP contribution is -2.18. The maximum Gasteiger partial charge on any atom is 0.343 e. The van der Waals surface area contributed by atoms with E-state index in [1.807, 2.05) is 0 Å². The summed E-state index contributed by atoms with van der Waals surface area (Å²) in [6.45, 7) is 2.57. The summed E-state index contributed by atoms with van der Waals surface area (Å²) in [5.74, 6) is -2.13. The highest BCUT2D eigenvalue weighted by molar-refractivity contribution is 5.97. The molecule has 3 aromatic carbocycles. The van der Waals surface area contributed by atoms with Gasteiger partial charge in [-0.3, -0.25) is 24.5 Å². The van der Waals surface area contributed by atoms with Crippen LogP contribution in [0.1, 0.15) is 40.1 Å². The Kier molecular flexibility index (Phi) is 9.03. The van der Waals surface area contributed by atoms with Gasteiger partial charge in [0.2, 0.25) is 5.91 Å². The van der Waals surface area contributed by atoms with Gasteiger partial charge in [0.15, 0.2) is 11.5 Å². The molecular weight excluding hydrogens is 512 g/mol. The van der Waals surface area contributed by atoms with Gasteiger partial charge in [-0.05, 0) is 48.5 Å². The molecule has 0 aliphatic heterocycles. The van der Waals surface area contributed by atoms with E-state index in [4.69, 9.17) is 14.2 Å². The number of amides is 2. The number of hydrogen-bond acceptors (Lipinski definition) is 10. The van der Waals surface area contributed by atoms with Crippen molar-refractivity contribution in [3.8, 4) is 17.2 Å². The van der Waals surface area contributed by atoms with E-state index in [1.54, 1.807) is 0 Å². The second-order valence-electron chi connectivity index (χ2n) is 7.79. The van der Waals surface area contributed by atoms with Crippen LogP contribution in [0.2, 0.25) is 0 Å². The number of benzene rings is 3. The van der Waals surface area contributed by atoms with Crippen molar-refractivity contribution in [3.05, 3.63) is 87.5 Å². The molecule has 3 rings (SSSR count). The number of nitro groups is 1. The fourth-order valence-electron chi connectivity index (χ4n) is 3.17. The summed E-state index contributed by atoms with van der Waals surface area (Å²) in [7, 11) is 1.33. The molecule has 2 N–H and O–H groups in total. The zero-order valence-electron chi connectivity index (χ0n) is 20.9. The van der Waals surface area contributed by atoms with Gasteiger partial charge in [0.25, 0.3) is 11.6 Å². The van der Waals surface area contributed by atoms with Crippen molar-refractivity contribution in [1.29, 1.82) is 0 Å². The normalized spacial score (nSPS) is 10.4. The second-order valence-corrected chi connectivity index (χ2v) is 7.79. The van der Waals surface area contributed by atoms with Gasteiger partial charge in [0.1, 0.15) is 5.75 Å². The number of ether oxygens (including phenoxy) is 3. The SMILES string of the molecule is COc1cc(C(=O)Oc2ccc([N+](=O)[O-])cc2/C=N/NC(=O)c2ccc(NC(C)=O)cc2)ccc1OC(C)=O. The highest BCUT2D eigenvalue weighted by Gasteiger charge is 2.18. The smallest absolute Gasteiger partial charge is 0.343 e. The molecule has 0 fully saturated rings. The molecule has 0 aliphatic rings. The number of esters is 2. The summed E-state index contributed by atoms with van der Waals surface area (Å²) in [5.41, 5.74) is 2.79. The molecule has 3 aromatic rings. The number of anilines is 1. The Morgan fingerprint density at radius 3 is 2.15 bits per heavy atom. The average Bonchev–Trinajstić information content (AvgIpc) is 2.89. The molecule has 0 bridgehead atoms. The van der Waals surface area contributed by atoms with Gasteiger partial charge in [-0.25, -0.2) is 10.2 Å². The molecule has 0 saturated heterocycles. The zero-order chi connectivity index (χ0) is 28.5. The summed E-state index contributed by atoms with van der Waals surface area (Å²) in [6.07, 6.45) is 1.09. The minimum atomic E-state index is -0.838. The number of nitro benzene ring substituents is 1. The van der Waals surface area contributed by atoms with Gasteiger partial charge in [-0.1, -0.05) is 0 Å². The maximum absolute atomic E-state index is 12.8. The summed E-state index contributed by atoms with van der Waals surface area (Å²) in [5, 5.41) is 17.7. The molecule has 2 amide bonds. The molecule has 0 aliphatic carbocycles. The summed E-state index contributed by atoms with van der Waals surface area (Å²) in [4.78, 5) is 58.2. The van der Waals surface area contributed by atoms with Crippen molar-refractivity contribution >= 4 is 41.3 Å². The van der Waals surface area contributed by atoms with Crippen molar-refractivity contribution < 1.29 is 38.3 Å². The third kappa shape index (κ3) is 7.69. The van der Waals surface area contributed by atoms with Crippen LogP contribution in [0.25, 0.3) is 0 Å². The Morgan fingerprint density at radius 1 is 0.872 bits per heavy atom. The minimum absolute atomic E-state index is 0.0300. The first-order chi connectivity index (χ1) is 18.6.